The van der Waals surface area contributed by atoms with Crippen LogP contribution in [0.15, 0.2) is 30.5 Å². The molecule has 3 amide bonds. The van der Waals surface area contributed by atoms with E-state index in [4.69, 9.17) is 10.8 Å². The van der Waals surface area contributed by atoms with E-state index in [1.807, 2.05) is 24.3 Å². The Labute approximate surface area is 179 Å². The zero-order valence-corrected chi connectivity index (χ0v) is 17.8. The molecule has 1 aromatic carbocycles. The second-order valence-electron chi connectivity index (χ2n) is 7.69. The van der Waals surface area contributed by atoms with Crippen molar-refractivity contribution < 1.29 is 24.3 Å². The number of aliphatic carboxylic acids is 1. The Balaban J connectivity index is 2.27. The molecule has 1 aromatic heterocycles. The summed E-state index contributed by atoms with van der Waals surface area (Å²) in [5, 5.41) is 17.6. The third-order valence-corrected chi connectivity index (χ3v) is 4.91. The van der Waals surface area contributed by atoms with Gasteiger partial charge in [-0.1, -0.05) is 32.0 Å². The molecular formula is C21H29N5O5. The number of carboxylic acid groups (broad SMARTS) is 1. The highest BCUT2D eigenvalue weighted by Crippen LogP contribution is 2.19. The molecule has 10 heteroatoms. The lowest BCUT2D eigenvalue weighted by Crippen LogP contribution is -2.57. The smallest absolute Gasteiger partial charge is 0.325 e. The first kappa shape index (κ1) is 23.9. The lowest BCUT2D eigenvalue weighted by Gasteiger charge is -2.25. The summed E-state index contributed by atoms with van der Waals surface area (Å²) < 4.78 is 0. The lowest BCUT2D eigenvalue weighted by molar-refractivity contribution is -0.141. The van der Waals surface area contributed by atoms with Gasteiger partial charge in [-0.05, 0) is 24.5 Å². The number of rotatable bonds is 10. The van der Waals surface area contributed by atoms with E-state index in [0.29, 0.717) is 0 Å². The summed E-state index contributed by atoms with van der Waals surface area (Å²) in [6.45, 7) is 4.57. The predicted octanol–water partition coefficient (Wildman–Crippen LogP) is -0.116. The summed E-state index contributed by atoms with van der Waals surface area (Å²) in [5.74, 6) is -3.14. The van der Waals surface area contributed by atoms with Crippen LogP contribution in [0.2, 0.25) is 0 Å². The van der Waals surface area contributed by atoms with Crippen molar-refractivity contribution in [1.29, 1.82) is 0 Å². The largest absolute Gasteiger partial charge is 0.480 e. The van der Waals surface area contributed by atoms with Crippen LogP contribution in [0.4, 0.5) is 0 Å². The summed E-state index contributed by atoms with van der Waals surface area (Å²) in [4.78, 5) is 51.7. The minimum Gasteiger partial charge on any atom is -0.480 e. The van der Waals surface area contributed by atoms with E-state index in [-0.39, 0.29) is 18.9 Å². The first-order valence-corrected chi connectivity index (χ1v) is 10.0. The van der Waals surface area contributed by atoms with E-state index in [1.54, 1.807) is 20.0 Å². The molecule has 0 radical (unpaired) electrons. The van der Waals surface area contributed by atoms with Crippen LogP contribution in [0.25, 0.3) is 10.9 Å². The molecule has 7 N–H and O–H groups in total. The van der Waals surface area contributed by atoms with Crippen molar-refractivity contribution in [3.63, 3.8) is 0 Å². The average Bonchev–Trinajstić information content (AvgIpc) is 3.13. The molecule has 1 heterocycles. The predicted molar refractivity (Wildman–Crippen MR) is 115 cm³/mol. The Morgan fingerprint density at radius 3 is 2.32 bits per heavy atom. The zero-order valence-electron chi connectivity index (χ0n) is 17.8. The number of amides is 3. The third kappa shape index (κ3) is 6.29. The van der Waals surface area contributed by atoms with Crippen molar-refractivity contribution in [2.75, 3.05) is 6.54 Å². The van der Waals surface area contributed by atoms with Gasteiger partial charge in [-0.15, -0.1) is 0 Å². The number of nitrogens with one attached hydrogen (secondary N) is 4. The van der Waals surface area contributed by atoms with Crippen LogP contribution in [-0.4, -0.2) is 58.5 Å². The normalized spacial score (nSPS) is 14.0. The summed E-state index contributed by atoms with van der Waals surface area (Å²) in [5.41, 5.74) is 6.99. The second-order valence-corrected chi connectivity index (χ2v) is 7.69. The molecule has 3 atom stereocenters. The van der Waals surface area contributed by atoms with E-state index in [2.05, 4.69) is 20.9 Å². The maximum absolute atomic E-state index is 12.9. The lowest BCUT2D eigenvalue weighted by atomic mass is 10.0. The van der Waals surface area contributed by atoms with Crippen LogP contribution >= 0.6 is 0 Å². The number of carbonyl (C=O) groups excluding carboxylic acids is 3. The number of carbonyl (C=O) groups is 4. The number of nitrogens with two attached hydrogens (primary N) is 1. The van der Waals surface area contributed by atoms with Gasteiger partial charge in [0.25, 0.3) is 0 Å². The molecule has 10 nitrogen and oxygen atoms in total. The fourth-order valence-corrected chi connectivity index (χ4v) is 3.13. The molecule has 2 rings (SSSR count). The maximum atomic E-state index is 12.9. The number of hydrogen-bond acceptors (Lipinski definition) is 5. The maximum Gasteiger partial charge on any atom is 0.325 e. The van der Waals surface area contributed by atoms with Crippen molar-refractivity contribution >= 4 is 34.6 Å². The Morgan fingerprint density at radius 2 is 1.71 bits per heavy atom. The van der Waals surface area contributed by atoms with Gasteiger partial charge in [-0.2, -0.15) is 0 Å². The van der Waals surface area contributed by atoms with Crippen LogP contribution < -0.4 is 21.7 Å². The molecule has 0 bridgehead atoms. The highest BCUT2D eigenvalue weighted by Gasteiger charge is 2.30. The molecule has 2 aromatic rings. The third-order valence-electron chi connectivity index (χ3n) is 4.91. The Kier molecular flexibility index (Phi) is 8.14. The van der Waals surface area contributed by atoms with E-state index in [1.165, 1.54) is 6.92 Å². The van der Waals surface area contributed by atoms with Gasteiger partial charge in [0.15, 0.2) is 0 Å². The first-order chi connectivity index (χ1) is 14.6. The molecular weight excluding hydrogens is 402 g/mol. The van der Waals surface area contributed by atoms with Gasteiger partial charge in [-0.3, -0.25) is 19.2 Å². The highest BCUT2D eigenvalue weighted by molar-refractivity contribution is 5.94. The number of fused-ring (bicyclic) bond motifs is 1. The summed E-state index contributed by atoms with van der Waals surface area (Å²) in [6, 6.07) is 4.42. The molecule has 0 saturated heterocycles. The molecule has 0 fully saturated rings. The van der Waals surface area contributed by atoms with Crippen LogP contribution in [-0.2, 0) is 25.6 Å². The SMILES string of the molecule is CC(NC(=O)C(Cc1c[nH]c2ccccc12)NC(=O)C(NC(=O)CN)C(C)C)C(=O)O. The standard InChI is InChI=1S/C21H29N5O5/c1-11(2)18(26-17(27)9-22)20(29)25-16(19(28)24-12(3)21(30)31)8-13-10-23-15-7-5-4-6-14(13)15/h4-7,10-12,16,18,23H,8-9,22H2,1-3H3,(H,24,28)(H,25,29)(H,26,27)(H,30,31). The van der Waals surface area contributed by atoms with Gasteiger partial charge in [0, 0.05) is 23.5 Å². The minimum absolute atomic E-state index is 0.129. The van der Waals surface area contributed by atoms with Crippen LogP contribution in [0.3, 0.4) is 0 Å². The Bertz CT molecular complexity index is 955. The van der Waals surface area contributed by atoms with E-state index in [0.717, 1.165) is 16.5 Å². The number of hydrogen-bond donors (Lipinski definition) is 6. The van der Waals surface area contributed by atoms with Gasteiger partial charge in [0.1, 0.15) is 18.1 Å². The monoisotopic (exact) mass is 431 g/mol. The first-order valence-electron chi connectivity index (χ1n) is 10.0. The topological polar surface area (TPSA) is 166 Å². The van der Waals surface area contributed by atoms with Crippen LogP contribution in [0, 0.1) is 5.92 Å². The van der Waals surface area contributed by atoms with Crippen LogP contribution in [0.1, 0.15) is 26.3 Å². The Hall–Kier alpha value is -3.40. The molecule has 168 valence electrons. The van der Waals surface area contributed by atoms with Crippen molar-refractivity contribution in [1.82, 2.24) is 20.9 Å². The number of para-hydroxylation sites is 1. The molecule has 0 saturated carbocycles. The molecule has 0 aliphatic carbocycles. The highest BCUT2D eigenvalue weighted by atomic mass is 16.4. The molecule has 3 unspecified atom stereocenters. The average molecular weight is 431 g/mol. The van der Waals surface area contributed by atoms with Gasteiger partial charge < -0.3 is 31.8 Å². The van der Waals surface area contributed by atoms with E-state index >= 15 is 0 Å². The van der Waals surface area contributed by atoms with Gasteiger partial charge >= 0.3 is 5.97 Å². The summed E-state index contributed by atoms with van der Waals surface area (Å²) >= 11 is 0. The Morgan fingerprint density at radius 1 is 1.03 bits per heavy atom. The van der Waals surface area contributed by atoms with Gasteiger partial charge in [-0.25, -0.2) is 0 Å². The van der Waals surface area contributed by atoms with E-state index < -0.39 is 41.8 Å². The van der Waals surface area contributed by atoms with Crippen LogP contribution in [0.5, 0.6) is 0 Å². The minimum atomic E-state index is -1.19. The van der Waals surface area contributed by atoms with Crippen molar-refractivity contribution in [3.05, 3.63) is 36.0 Å². The number of aromatic nitrogens is 1. The fourth-order valence-electron chi connectivity index (χ4n) is 3.13. The number of carboxylic acids is 1. The van der Waals surface area contributed by atoms with E-state index in [9.17, 15) is 19.2 Å². The van der Waals surface area contributed by atoms with Crippen molar-refractivity contribution in [3.8, 4) is 0 Å². The van der Waals surface area contributed by atoms with Crippen molar-refractivity contribution in [2.24, 2.45) is 11.7 Å². The number of benzene rings is 1. The number of H-pyrrole nitrogens is 1. The molecule has 0 aliphatic rings. The summed E-state index contributed by atoms with van der Waals surface area (Å²) in [6.07, 6.45) is 1.87. The quantitative estimate of drug-likeness (QED) is 0.307. The zero-order chi connectivity index (χ0) is 23.1. The molecule has 0 aliphatic heterocycles. The molecule has 0 spiro atoms. The van der Waals surface area contributed by atoms with Crippen molar-refractivity contribution in [2.45, 2.75) is 45.3 Å². The fraction of sp³-hybridized carbons (Fsp3) is 0.429. The van der Waals surface area contributed by atoms with Gasteiger partial charge in [0.05, 0.1) is 6.54 Å². The molecule has 31 heavy (non-hydrogen) atoms. The summed E-state index contributed by atoms with van der Waals surface area (Å²) in [7, 11) is 0. The second kappa shape index (κ2) is 10.6. The number of aromatic amines is 1. The van der Waals surface area contributed by atoms with Gasteiger partial charge in [0.2, 0.25) is 17.7 Å².